The van der Waals surface area contributed by atoms with E-state index in [2.05, 4.69) is 41.5 Å². The van der Waals surface area contributed by atoms with Gasteiger partial charge in [0.25, 0.3) is 0 Å². The third kappa shape index (κ3) is 60.9. The van der Waals surface area contributed by atoms with Crippen LogP contribution in [0.1, 0.15) is 337 Å². The Labute approximate surface area is 524 Å². The highest BCUT2D eigenvalue weighted by molar-refractivity contribution is 7.47. The standard InChI is InChI=1S/C67H130O17P2/c1-7-9-11-13-15-17-18-19-23-26-32-38-44-50-65(70)78-56-62(83-66(71)51-45-39-33-27-24-21-20-22-25-29-35-41-47-59(3)4)57-81-85(73,74)79-53-61(68)54-80-86(75,76)82-58-63(55-77-64(69)49-43-37-31-16-14-12-10-8-2)84-67(72)52-46-40-34-28-30-36-42-48-60(5)6/h59-63,68H,7-58H2,1-6H3,(H,73,74)(H,75,76)/t61-,62-,63-/m1/s1. The third-order valence-corrected chi connectivity index (χ3v) is 17.4. The highest BCUT2D eigenvalue weighted by Crippen LogP contribution is 2.45. The van der Waals surface area contributed by atoms with Gasteiger partial charge in [0.1, 0.15) is 19.3 Å². The van der Waals surface area contributed by atoms with Crippen LogP contribution < -0.4 is 0 Å². The number of carbonyl (C=O) groups is 4. The molecule has 0 saturated carbocycles. The Morgan fingerprint density at radius 1 is 0.314 bits per heavy atom. The average Bonchev–Trinajstić information content (AvgIpc) is 3.68. The van der Waals surface area contributed by atoms with E-state index in [9.17, 15) is 43.2 Å². The zero-order valence-electron chi connectivity index (χ0n) is 55.6. The first-order valence-corrected chi connectivity index (χ1v) is 38.0. The first kappa shape index (κ1) is 84.1. The number of ether oxygens (including phenoxy) is 4. The fourth-order valence-corrected chi connectivity index (χ4v) is 11.6. The van der Waals surface area contributed by atoms with Crippen molar-refractivity contribution in [2.45, 2.75) is 355 Å². The number of carbonyl (C=O) groups excluding carboxylic acids is 4. The van der Waals surface area contributed by atoms with Gasteiger partial charge in [-0.05, 0) is 37.5 Å². The second-order valence-electron chi connectivity index (χ2n) is 25.2. The summed E-state index contributed by atoms with van der Waals surface area (Å²) in [7, 11) is -9.89. The topological polar surface area (TPSA) is 237 Å². The van der Waals surface area contributed by atoms with Crippen molar-refractivity contribution in [3.8, 4) is 0 Å². The molecule has 17 nitrogen and oxygen atoms in total. The fourth-order valence-electron chi connectivity index (χ4n) is 10.1. The maximum atomic E-state index is 13.0. The molecule has 3 N–H and O–H groups in total. The Kier molecular flexibility index (Phi) is 58.0. The van der Waals surface area contributed by atoms with Gasteiger partial charge in [0.05, 0.1) is 26.4 Å². The SMILES string of the molecule is CCCCCCCCCCCCCCCC(=O)OC[C@H](COP(=O)(O)OC[C@@H](O)COP(=O)(O)OC[C@@H](COC(=O)CCCCCCCCCC)OC(=O)CCCCCCCCCC(C)C)OC(=O)CCCCCCCCCCCCCCC(C)C. The van der Waals surface area contributed by atoms with Crippen molar-refractivity contribution < 1.29 is 80.2 Å². The molecule has 0 aromatic heterocycles. The lowest BCUT2D eigenvalue weighted by Crippen LogP contribution is -2.30. The molecule has 0 aliphatic rings. The zero-order valence-corrected chi connectivity index (χ0v) is 57.4. The molecule has 5 atom stereocenters. The van der Waals surface area contributed by atoms with Gasteiger partial charge in [-0.15, -0.1) is 0 Å². The molecule has 0 spiro atoms. The predicted octanol–water partition coefficient (Wildman–Crippen LogP) is 18.8. The van der Waals surface area contributed by atoms with E-state index in [4.69, 9.17) is 37.0 Å². The van der Waals surface area contributed by atoms with E-state index >= 15 is 0 Å². The van der Waals surface area contributed by atoms with Crippen LogP contribution in [0, 0.1) is 11.8 Å². The van der Waals surface area contributed by atoms with E-state index in [0.29, 0.717) is 31.6 Å². The summed E-state index contributed by atoms with van der Waals surface area (Å²) in [6.07, 6.45) is 43.1. The number of phosphoric acid groups is 2. The van der Waals surface area contributed by atoms with Gasteiger partial charge in [0, 0.05) is 25.7 Å². The molecule has 2 unspecified atom stereocenters. The van der Waals surface area contributed by atoms with Crippen LogP contribution in [0.25, 0.3) is 0 Å². The number of phosphoric ester groups is 2. The molecule has 0 bridgehead atoms. The summed E-state index contributed by atoms with van der Waals surface area (Å²) >= 11 is 0. The van der Waals surface area contributed by atoms with Crippen LogP contribution >= 0.6 is 15.6 Å². The summed E-state index contributed by atoms with van der Waals surface area (Å²) in [6.45, 7) is 9.45. The molecule has 0 fully saturated rings. The highest BCUT2D eigenvalue weighted by atomic mass is 31.2. The van der Waals surface area contributed by atoms with Crippen LogP contribution in [-0.2, 0) is 65.4 Å². The maximum absolute atomic E-state index is 13.0. The van der Waals surface area contributed by atoms with Crippen molar-refractivity contribution in [1.29, 1.82) is 0 Å². The minimum atomic E-state index is -4.95. The van der Waals surface area contributed by atoms with Crippen LogP contribution in [0.2, 0.25) is 0 Å². The Bertz CT molecular complexity index is 1680. The van der Waals surface area contributed by atoms with Gasteiger partial charge in [-0.2, -0.15) is 0 Å². The first-order valence-electron chi connectivity index (χ1n) is 35.0. The Morgan fingerprint density at radius 3 is 0.791 bits per heavy atom. The van der Waals surface area contributed by atoms with E-state index in [1.54, 1.807) is 0 Å². The molecule has 0 aliphatic heterocycles. The monoisotopic (exact) mass is 1270 g/mol. The highest BCUT2D eigenvalue weighted by Gasteiger charge is 2.30. The predicted molar refractivity (Wildman–Crippen MR) is 345 cm³/mol. The number of aliphatic hydroxyl groups excluding tert-OH is 1. The van der Waals surface area contributed by atoms with E-state index in [1.165, 1.54) is 148 Å². The third-order valence-electron chi connectivity index (χ3n) is 15.5. The molecule has 0 aromatic rings. The Hall–Kier alpha value is -1.94. The average molecular weight is 1270 g/mol. The minimum Gasteiger partial charge on any atom is -0.462 e. The molecule has 0 heterocycles. The largest absolute Gasteiger partial charge is 0.472 e. The van der Waals surface area contributed by atoms with Gasteiger partial charge in [-0.1, -0.05) is 286 Å². The van der Waals surface area contributed by atoms with Crippen molar-refractivity contribution in [3.63, 3.8) is 0 Å². The Morgan fingerprint density at radius 2 is 0.535 bits per heavy atom. The summed E-state index contributed by atoms with van der Waals surface area (Å²) in [5.74, 6) is -0.659. The molecule has 86 heavy (non-hydrogen) atoms. The van der Waals surface area contributed by atoms with Crippen LogP contribution in [-0.4, -0.2) is 96.7 Å². The van der Waals surface area contributed by atoms with Crippen LogP contribution in [0.3, 0.4) is 0 Å². The lowest BCUT2D eigenvalue weighted by molar-refractivity contribution is -0.161. The number of unbranched alkanes of at least 4 members (excludes halogenated alkanes) is 36. The van der Waals surface area contributed by atoms with Crippen LogP contribution in [0.5, 0.6) is 0 Å². The second kappa shape index (κ2) is 59.4. The van der Waals surface area contributed by atoms with E-state index in [0.717, 1.165) is 102 Å². The number of esters is 4. The lowest BCUT2D eigenvalue weighted by Gasteiger charge is -2.21. The first-order chi connectivity index (χ1) is 41.4. The van der Waals surface area contributed by atoms with Crippen LogP contribution in [0.4, 0.5) is 0 Å². The number of aliphatic hydroxyl groups is 1. The molecule has 19 heteroatoms. The summed E-state index contributed by atoms with van der Waals surface area (Å²) in [5, 5.41) is 10.6. The smallest absolute Gasteiger partial charge is 0.462 e. The second-order valence-corrected chi connectivity index (χ2v) is 28.1. The molecule has 0 radical (unpaired) electrons. The van der Waals surface area contributed by atoms with Gasteiger partial charge in [0.2, 0.25) is 0 Å². The fraction of sp³-hybridized carbons (Fsp3) is 0.940. The van der Waals surface area contributed by atoms with Crippen molar-refractivity contribution in [2.75, 3.05) is 39.6 Å². The molecule has 510 valence electrons. The van der Waals surface area contributed by atoms with Gasteiger partial charge >= 0.3 is 39.5 Å². The van der Waals surface area contributed by atoms with Crippen LogP contribution in [0.15, 0.2) is 0 Å². The Balaban J connectivity index is 5.22. The number of hydrogen-bond donors (Lipinski definition) is 3. The molecule has 0 aliphatic carbocycles. The normalized spacial score (nSPS) is 14.2. The number of hydrogen-bond acceptors (Lipinski definition) is 15. The number of rotatable bonds is 66. The van der Waals surface area contributed by atoms with Gasteiger partial charge < -0.3 is 33.8 Å². The molecule has 0 saturated heterocycles. The van der Waals surface area contributed by atoms with Gasteiger partial charge in [-0.3, -0.25) is 37.3 Å². The molecule has 0 rings (SSSR count). The quantitative estimate of drug-likeness (QED) is 0.0222. The summed E-state index contributed by atoms with van der Waals surface area (Å²) in [4.78, 5) is 72.3. The molecule has 0 aromatic carbocycles. The summed E-state index contributed by atoms with van der Waals surface area (Å²) < 4.78 is 68.1. The van der Waals surface area contributed by atoms with Gasteiger partial charge in [0.15, 0.2) is 12.2 Å². The molecular weight excluding hydrogens is 1140 g/mol. The van der Waals surface area contributed by atoms with Crippen molar-refractivity contribution in [2.24, 2.45) is 11.8 Å². The van der Waals surface area contributed by atoms with Gasteiger partial charge in [-0.25, -0.2) is 9.13 Å². The zero-order chi connectivity index (χ0) is 63.6. The van der Waals surface area contributed by atoms with E-state index < -0.39 is 97.5 Å². The lowest BCUT2D eigenvalue weighted by atomic mass is 10.0. The summed E-state index contributed by atoms with van der Waals surface area (Å²) in [5.41, 5.74) is 0. The van der Waals surface area contributed by atoms with E-state index in [1.807, 2.05) is 0 Å². The molecule has 0 amide bonds. The maximum Gasteiger partial charge on any atom is 0.472 e. The van der Waals surface area contributed by atoms with Crippen molar-refractivity contribution >= 4 is 39.5 Å². The van der Waals surface area contributed by atoms with Crippen molar-refractivity contribution in [1.82, 2.24) is 0 Å². The van der Waals surface area contributed by atoms with E-state index in [-0.39, 0.29) is 25.7 Å². The van der Waals surface area contributed by atoms with Crippen molar-refractivity contribution in [3.05, 3.63) is 0 Å². The molecular formula is C67H130O17P2. The summed E-state index contributed by atoms with van der Waals surface area (Å²) in [6, 6.07) is 0. The minimum absolute atomic E-state index is 0.103.